The van der Waals surface area contributed by atoms with Crippen LogP contribution >= 0.6 is 0 Å². The minimum atomic E-state index is 0.264. The highest BCUT2D eigenvalue weighted by Crippen LogP contribution is 2.47. The van der Waals surface area contributed by atoms with Crippen molar-refractivity contribution < 1.29 is 0 Å². The molecule has 3 nitrogen and oxygen atoms in total. The molecule has 1 heterocycles. The fraction of sp³-hybridized carbons (Fsp3) is 1.00. The Bertz CT molecular complexity index is 313. The first-order valence-electron chi connectivity index (χ1n) is 7.92. The van der Waals surface area contributed by atoms with Gasteiger partial charge in [0.05, 0.1) is 0 Å². The van der Waals surface area contributed by atoms with Gasteiger partial charge < -0.3 is 10.6 Å². The molecule has 0 aromatic rings. The zero-order chi connectivity index (χ0) is 14.3. The largest absolute Gasteiger partial charge is 0.329 e. The van der Waals surface area contributed by atoms with Crippen molar-refractivity contribution in [1.29, 1.82) is 0 Å². The minimum Gasteiger partial charge on any atom is -0.329 e. The molecule has 0 radical (unpaired) electrons. The Labute approximate surface area is 119 Å². The summed E-state index contributed by atoms with van der Waals surface area (Å²) in [5.41, 5.74) is 7.03. The minimum absolute atomic E-state index is 0.264. The predicted octanol–water partition coefficient (Wildman–Crippen LogP) is 2.17. The molecule has 0 bridgehead atoms. The van der Waals surface area contributed by atoms with Crippen molar-refractivity contribution in [3.8, 4) is 0 Å². The first-order chi connectivity index (χ1) is 8.81. The lowest BCUT2D eigenvalue weighted by Crippen LogP contribution is -2.60. The highest BCUT2D eigenvalue weighted by molar-refractivity contribution is 5.04. The molecule has 2 N–H and O–H groups in total. The third-order valence-electron chi connectivity index (χ3n) is 5.89. The van der Waals surface area contributed by atoms with E-state index in [1.807, 2.05) is 0 Å². The maximum absolute atomic E-state index is 6.26. The van der Waals surface area contributed by atoms with E-state index in [0.29, 0.717) is 17.4 Å². The van der Waals surface area contributed by atoms with Crippen LogP contribution in [0.3, 0.4) is 0 Å². The second-order valence-corrected chi connectivity index (χ2v) is 7.93. The summed E-state index contributed by atoms with van der Waals surface area (Å²) in [4.78, 5) is 5.10. The molecule has 1 saturated heterocycles. The van der Waals surface area contributed by atoms with E-state index >= 15 is 0 Å². The van der Waals surface area contributed by atoms with E-state index in [0.717, 1.165) is 6.54 Å². The molecule has 0 aromatic carbocycles. The van der Waals surface area contributed by atoms with Crippen LogP contribution in [0.2, 0.25) is 0 Å². The average molecular weight is 267 g/mol. The quantitative estimate of drug-likeness (QED) is 0.850. The van der Waals surface area contributed by atoms with Crippen LogP contribution in [-0.2, 0) is 0 Å². The summed E-state index contributed by atoms with van der Waals surface area (Å²) in [6, 6.07) is 0.713. The van der Waals surface area contributed by atoms with Crippen LogP contribution in [0.25, 0.3) is 0 Å². The van der Waals surface area contributed by atoms with Crippen molar-refractivity contribution in [1.82, 2.24) is 9.80 Å². The lowest BCUT2D eigenvalue weighted by Gasteiger charge is -2.53. The van der Waals surface area contributed by atoms with Crippen molar-refractivity contribution in [2.24, 2.45) is 17.1 Å². The fourth-order valence-electron chi connectivity index (χ4n) is 4.39. The molecule has 19 heavy (non-hydrogen) atoms. The number of nitrogens with zero attached hydrogens (tertiary/aromatic N) is 2. The summed E-state index contributed by atoms with van der Waals surface area (Å²) in [6.07, 6.45) is 5.20. The van der Waals surface area contributed by atoms with E-state index in [2.05, 4.69) is 44.7 Å². The van der Waals surface area contributed by atoms with Crippen molar-refractivity contribution in [2.75, 3.05) is 33.7 Å². The van der Waals surface area contributed by atoms with E-state index in [1.54, 1.807) is 0 Å². The lowest BCUT2D eigenvalue weighted by atomic mass is 9.63. The molecule has 0 amide bonds. The van der Waals surface area contributed by atoms with Crippen LogP contribution in [0.4, 0.5) is 0 Å². The molecule has 3 heteroatoms. The molecular weight excluding hydrogens is 234 g/mol. The normalized spacial score (nSPS) is 39.9. The Hall–Kier alpha value is -0.120. The maximum atomic E-state index is 6.26. The molecule has 3 unspecified atom stereocenters. The molecule has 2 rings (SSSR count). The standard InChI is InChI=1S/C16H33N3/c1-13-10-15(2,3)7-8-16(13,12-17)19-9-6-14(11-19)18(4)5/h13-14H,6-12,17H2,1-5H3. The van der Waals surface area contributed by atoms with E-state index < -0.39 is 0 Å². The van der Waals surface area contributed by atoms with Gasteiger partial charge in [0.15, 0.2) is 0 Å². The summed E-state index contributed by atoms with van der Waals surface area (Å²) in [5, 5.41) is 0. The summed E-state index contributed by atoms with van der Waals surface area (Å²) in [6.45, 7) is 10.5. The molecule has 1 aliphatic heterocycles. The van der Waals surface area contributed by atoms with Gasteiger partial charge in [0.1, 0.15) is 0 Å². The number of hydrogen-bond donors (Lipinski definition) is 1. The van der Waals surface area contributed by atoms with Gasteiger partial charge in [0, 0.05) is 31.2 Å². The van der Waals surface area contributed by atoms with Crippen molar-refractivity contribution >= 4 is 0 Å². The zero-order valence-corrected chi connectivity index (χ0v) is 13.6. The molecule has 3 atom stereocenters. The lowest BCUT2D eigenvalue weighted by molar-refractivity contribution is -0.0116. The van der Waals surface area contributed by atoms with Crippen molar-refractivity contribution in [3.05, 3.63) is 0 Å². The number of likely N-dealkylation sites (tertiary alicyclic amines) is 1. The summed E-state index contributed by atoms with van der Waals surface area (Å²) in [5.74, 6) is 0.710. The average Bonchev–Trinajstić information content (AvgIpc) is 2.79. The number of hydrogen-bond acceptors (Lipinski definition) is 3. The second kappa shape index (κ2) is 5.34. The number of rotatable bonds is 3. The summed E-state index contributed by atoms with van der Waals surface area (Å²) in [7, 11) is 4.41. The van der Waals surface area contributed by atoms with Gasteiger partial charge in [0.2, 0.25) is 0 Å². The smallest absolute Gasteiger partial charge is 0.0358 e. The second-order valence-electron chi connectivity index (χ2n) is 7.93. The Kier molecular flexibility index (Phi) is 4.29. The van der Waals surface area contributed by atoms with Crippen LogP contribution in [0.15, 0.2) is 0 Å². The monoisotopic (exact) mass is 267 g/mol. The van der Waals surface area contributed by atoms with Gasteiger partial charge in [-0.15, -0.1) is 0 Å². The van der Waals surface area contributed by atoms with Crippen LogP contribution in [0.1, 0.15) is 46.5 Å². The number of nitrogens with two attached hydrogens (primary N) is 1. The molecule has 2 aliphatic rings. The Morgan fingerprint density at radius 2 is 1.95 bits per heavy atom. The third-order valence-corrected chi connectivity index (χ3v) is 5.89. The Balaban J connectivity index is 2.11. The van der Waals surface area contributed by atoms with Gasteiger partial charge in [-0.25, -0.2) is 0 Å². The van der Waals surface area contributed by atoms with E-state index in [9.17, 15) is 0 Å². The van der Waals surface area contributed by atoms with Gasteiger partial charge in [0.25, 0.3) is 0 Å². The van der Waals surface area contributed by atoms with Gasteiger partial charge >= 0.3 is 0 Å². The van der Waals surface area contributed by atoms with Crippen LogP contribution < -0.4 is 5.73 Å². The summed E-state index contributed by atoms with van der Waals surface area (Å²) < 4.78 is 0. The maximum Gasteiger partial charge on any atom is 0.0358 e. The van der Waals surface area contributed by atoms with Gasteiger partial charge in [-0.1, -0.05) is 20.8 Å². The highest BCUT2D eigenvalue weighted by atomic mass is 15.3. The first kappa shape index (κ1) is 15.3. The fourth-order valence-corrected chi connectivity index (χ4v) is 4.39. The first-order valence-corrected chi connectivity index (χ1v) is 7.92. The molecule has 0 aromatic heterocycles. The SMILES string of the molecule is CC1CC(C)(C)CCC1(CN)N1CCC(N(C)C)C1. The van der Waals surface area contributed by atoms with E-state index in [1.165, 1.54) is 38.8 Å². The zero-order valence-electron chi connectivity index (χ0n) is 13.6. The van der Waals surface area contributed by atoms with E-state index in [4.69, 9.17) is 5.73 Å². The van der Waals surface area contributed by atoms with Crippen LogP contribution in [0, 0.1) is 11.3 Å². The summed E-state index contributed by atoms with van der Waals surface area (Å²) >= 11 is 0. The van der Waals surface area contributed by atoms with E-state index in [-0.39, 0.29) is 5.54 Å². The predicted molar refractivity (Wildman–Crippen MR) is 82.2 cm³/mol. The van der Waals surface area contributed by atoms with Gasteiger partial charge in [-0.2, -0.15) is 0 Å². The van der Waals surface area contributed by atoms with Crippen molar-refractivity contribution in [2.45, 2.75) is 58.0 Å². The Morgan fingerprint density at radius 3 is 2.42 bits per heavy atom. The van der Waals surface area contributed by atoms with Crippen LogP contribution in [0.5, 0.6) is 0 Å². The molecular formula is C16H33N3. The number of likely N-dealkylation sites (N-methyl/N-ethyl adjacent to an activating group) is 1. The molecule has 1 aliphatic carbocycles. The molecule has 2 fully saturated rings. The van der Waals surface area contributed by atoms with Crippen LogP contribution in [-0.4, -0.2) is 55.1 Å². The highest BCUT2D eigenvalue weighted by Gasteiger charge is 2.48. The molecule has 0 spiro atoms. The Morgan fingerprint density at radius 1 is 1.26 bits per heavy atom. The third kappa shape index (κ3) is 2.84. The molecule has 1 saturated carbocycles. The van der Waals surface area contributed by atoms with Gasteiger partial charge in [-0.05, 0) is 51.1 Å². The van der Waals surface area contributed by atoms with Crippen molar-refractivity contribution in [3.63, 3.8) is 0 Å². The molecule has 112 valence electrons. The topological polar surface area (TPSA) is 32.5 Å². The van der Waals surface area contributed by atoms with Gasteiger partial charge in [-0.3, -0.25) is 4.90 Å².